The predicted octanol–water partition coefficient (Wildman–Crippen LogP) is -0.127. The Balaban J connectivity index is 2.47. The normalized spacial score (nSPS) is 11.5. The van der Waals surface area contributed by atoms with Crippen molar-refractivity contribution in [1.29, 1.82) is 0 Å². The molecule has 1 aromatic carbocycles. The molecule has 0 saturated heterocycles. The number of fused-ring (bicyclic) bond motifs is 1. The molecule has 3 N–H and O–H groups in total. The van der Waals surface area contributed by atoms with Gasteiger partial charge in [0, 0.05) is 12.6 Å². The minimum Gasteiger partial charge on any atom is -0.710 e. The molecule has 0 fully saturated rings. The van der Waals surface area contributed by atoms with E-state index in [1.165, 1.54) is 6.07 Å². The molecule has 0 bridgehead atoms. The molecular formula is C11H13N5O3. The number of anilines is 1. The van der Waals surface area contributed by atoms with Crippen LogP contribution >= 0.6 is 0 Å². The van der Waals surface area contributed by atoms with Gasteiger partial charge in [0.25, 0.3) is 11.7 Å². The summed E-state index contributed by atoms with van der Waals surface area (Å²) in [4.78, 5) is 0. The topological polar surface area (TPSA) is 111 Å². The SMILES string of the molecule is CCNC(=NO)Nc1c[n+]([O-])c2ccccc2[n+]1[O-]. The Morgan fingerprint density at radius 2 is 2.00 bits per heavy atom. The monoisotopic (exact) mass is 263 g/mol. The molecule has 0 aliphatic heterocycles. The average Bonchev–Trinajstić information content (AvgIpc) is 2.44. The lowest BCUT2D eigenvalue weighted by Gasteiger charge is -2.11. The highest BCUT2D eigenvalue weighted by Crippen LogP contribution is 2.07. The maximum absolute atomic E-state index is 12.1. The fourth-order valence-corrected chi connectivity index (χ4v) is 1.66. The molecule has 0 aliphatic carbocycles. The first kappa shape index (κ1) is 12.7. The Bertz CT molecular complexity index is 629. The van der Waals surface area contributed by atoms with Crippen LogP contribution in [0.25, 0.3) is 11.0 Å². The van der Waals surface area contributed by atoms with Crippen LogP contribution in [0.1, 0.15) is 6.92 Å². The number of guanidine groups is 1. The van der Waals surface area contributed by atoms with E-state index in [2.05, 4.69) is 15.8 Å². The molecule has 1 aromatic heterocycles. The Morgan fingerprint density at radius 1 is 1.32 bits per heavy atom. The maximum Gasteiger partial charge on any atom is 0.352 e. The van der Waals surface area contributed by atoms with Crippen LogP contribution < -0.4 is 20.1 Å². The van der Waals surface area contributed by atoms with Gasteiger partial charge >= 0.3 is 11.8 Å². The van der Waals surface area contributed by atoms with Crippen molar-refractivity contribution in [3.63, 3.8) is 0 Å². The molecule has 8 heteroatoms. The molecule has 100 valence electrons. The van der Waals surface area contributed by atoms with Crippen molar-refractivity contribution >= 4 is 22.8 Å². The van der Waals surface area contributed by atoms with Gasteiger partial charge < -0.3 is 20.9 Å². The van der Waals surface area contributed by atoms with Gasteiger partial charge in [-0.15, -0.1) is 0 Å². The maximum atomic E-state index is 12.1. The van der Waals surface area contributed by atoms with Crippen LogP contribution in [0, 0.1) is 10.4 Å². The van der Waals surface area contributed by atoms with Crippen molar-refractivity contribution in [3.8, 4) is 0 Å². The summed E-state index contributed by atoms with van der Waals surface area (Å²) in [6, 6.07) is 6.41. The number of hydrogen-bond donors (Lipinski definition) is 3. The average molecular weight is 263 g/mol. The molecule has 0 spiro atoms. The summed E-state index contributed by atoms with van der Waals surface area (Å²) >= 11 is 0. The van der Waals surface area contributed by atoms with Gasteiger partial charge in [-0.1, -0.05) is 12.1 Å². The molecular weight excluding hydrogens is 250 g/mol. The molecule has 0 amide bonds. The van der Waals surface area contributed by atoms with E-state index in [0.29, 0.717) is 16.0 Å². The third-order valence-corrected chi connectivity index (χ3v) is 2.49. The molecule has 2 rings (SSSR count). The summed E-state index contributed by atoms with van der Waals surface area (Å²) in [5, 5.41) is 40.8. The largest absolute Gasteiger partial charge is 0.710 e. The Labute approximate surface area is 108 Å². The fraction of sp³-hybridized carbons (Fsp3) is 0.182. The number of benzene rings is 1. The number of rotatable bonds is 2. The second-order valence-electron chi connectivity index (χ2n) is 3.73. The van der Waals surface area contributed by atoms with Gasteiger partial charge in [0.05, 0.1) is 0 Å². The lowest BCUT2D eigenvalue weighted by Crippen LogP contribution is -2.43. The van der Waals surface area contributed by atoms with E-state index < -0.39 is 0 Å². The van der Waals surface area contributed by atoms with Crippen molar-refractivity contribution in [2.24, 2.45) is 5.16 Å². The minimum absolute atomic E-state index is 0.0117. The highest BCUT2D eigenvalue weighted by molar-refractivity contribution is 5.91. The third kappa shape index (κ3) is 2.41. The lowest BCUT2D eigenvalue weighted by atomic mass is 10.3. The van der Waals surface area contributed by atoms with Crippen LogP contribution in [0.4, 0.5) is 5.82 Å². The Hall–Kier alpha value is -2.77. The van der Waals surface area contributed by atoms with Crippen molar-refractivity contribution < 1.29 is 14.7 Å². The Morgan fingerprint density at radius 3 is 2.63 bits per heavy atom. The van der Waals surface area contributed by atoms with E-state index in [-0.39, 0.29) is 22.8 Å². The zero-order valence-electron chi connectivity index (χ0n) is 10.2. The highest BCUT2D eigenvalue weighted by Gasteiger charge is 2.18. The summed E-state index contributed by atoms with van der Waals surface area (Å²) in [5.74, 6) is -0.0511. The first-order valence-corrected chi connectivity index (χ1v) is 5.64. The molecule has 0 radical (unpaired) electrons. The van der Waals surface area contributed by atoms with Crippen LogP contribution in [-0.4, -0.2) is 17.7 Å². The van der Waals surface area contributed by atoms with Gasteiger partial charge in [0.1, 0.15) is 0 Å². The first-order chi connectivity index (χ1) is 9.17. The predicted molar refractivity (Wildman–Crippen MR) is 68.4 cm³/mol. The second-order valence-corrected chi connectivity index (χ2v) is 3.73. The highest BCUT2D eigenvalue weighted by atomic mass is 16.5. The molecule has 2 aromatic rings. The summed E-state index contributed by atoms with van der Waals surface area (Å²) < 4.78 is 1.14. The molecule has 0 atom stereocenters. The summed E-state index contributed by atoms with van der Waals surface area (Å²) in [6.07, 6.45) is 1.08. The molecule has 0 saturated carbocycles. The van der Waals surface area contributed by atoms with E-state index >= 15 is 0 Å². The molecule has 8 nitrogen and oxygen atoms in total. The standard InChI is InChI=1S/C11H13N5O3/c1-2-12-11(14-17)13-10-7-15(18)8-5-3-4-6-9(8)16(10)19/h3-7,17H,2H2,1H3,(H2,12,13,14). The number of hydrogen-bond acceptors (Lipinski definition) is 4. The molecule has 0 unspecified atom stereocenters. The van der Waals surface area contributed by atoms with E-state index in [9.17, 15) is 10.4 Å². The van der Waals surface area contributed by atoms with E-state index in [0.717, 1.165) is 6.20 Å². The zero-order chi connectivity index (χ0) is 13.8. The van der Waals surface area contributed by atoms with Gasteiger partial charge in [-0.2, -0.15) is 4.73 Å². The number of para-hydroxylation sites is 2. The zero-order valence-corrected chi connectivity index (χ0v) is 10.2. The summed E-state index contributed by atoms with van der Waals surface area (Å²) in [6.45, 7) is 2.29. The smallest absolute Gasteiger partial charge is 0.352 e. The van der Waals surface area contributed by atoms with Gasteiger partial charge in [0.2, 0.25) is 5.52 Å². The number of nitrogens with zero attached hydrogens (tertiary/aromatic N) is 3. The van der Waals surface area contributed by atoms with Gasteiger partial charge in [-0.25, -0.2) is 10.0 Å². The number of oxime groups is 1. The lowest BCUT2D eigenvalue weighted by molar-refractivity contribution is -0.618. The van der Waals surface area contributed by atoms with E-state index in [1.807, 2.05) is 0 Å². The Kier molecular flexibility index (Phi) is 3.51. The molecule has 19 heavy (non-hydrogen) atoms. The number of aromatic nitrogens is 2. The van der Waals surface area contributed by atoms with Crippen molar-refractivity contribution in [3.05, 3.63) is 40.9 Å². The molecule has 0 aliphatic rings. The first-order valence-electron chi connectivity index (χ1n) is 5.64. The van der Waals surface area contributed by atoms with Gasteiger partial charge in [-0.3, -0.25) is 0 Å². The van der Waals surface area contributed by atoms with Crippen molar-refractivity contribution in [2.75, 3.05) is 11.9 Å². The van der Waals surface area contributed by atoms with E-state index in [1.54, 1.807) is 25.1 Å². The van der Waals surface area contributed by atoms with Crippen molar-refractivity contribution in [2.45, 2.75) is 6.92 Å². The minimum atomic E-state index is -0.0394. The van der Waals surface area contributed by atoms with Crippen LogP contribution in [0.2, 0.25) is 0 Å². The van der Waals surface area contributed by atoms with Crippen molar-refractivity contribution in [1.82, 2.24) is 5.32 Å². The quantitative estimate of drug-likeness (QED) is 0.175. The second kappa shape index (κ2) is 5.25. The van der Waals surface area contributed by atoms with E-state index in [4.69, 9.17) is 5.21 Å². The third-order valence-electron chi connectivity index (χ3n) is 2.49. The fourth-order valence-electron chi connectivity index (χ4n) is 1.66. The summed E-state index contributed by atoms with van der Waals surface area (Å²) in [5.41, 5.74) is 0.477. The summed E-state index contributed by atoms with van der Waals surface area (Å²) in [7, 11) is 0. The van der Waals surface area contributed by atoms with Crippen LogP contribution in [-0.2, 0) is 0 Å². The molecule has 1 heterocycles. The van der Waals surface area contributed by atoms with Crippen LogP contribution in [0.15, 0.2) is 35.6 Å². The van der Waals surface area contributed by atoms with Crippen LogP contribution in [0.3, 0.4) is 0 Å². The van der Waals surface area contributed by atoms with Gasteiger partial charge in [0.15, 0.2) is 0 Å². The van der Waals surface area contributed by atoms with Crippen LogP contribution in [0.5, 0.6) is 0 Å². The number of nitrogens with one attached hydrogen (secondary N) is 2. The van der Waals surface area contributed by atoms with Gasteiger partial charge in [-0.05, 0) is 18.1 Å².